The van der Waals surface area contributed by atoms with Crippen LogP contribution in [-0.2, 0) is 0 Å². The summed E-state index contributed by atoms with van der Waals surface area (Å²) in [5.41, 5.74) is 0.965. The van der Waals surface area contributed by atoms with Gasteiger partial charge in [0.25, 0.3) is 5.69 Å². The SMILES string of the molecule is CC(CC(O)C(C)O)c1ccc([N+](=O)[O-])cc1. The van der Waals surface area contributed by atoms with E-state index in [1.54, 1.807) is 12.1 Å². The van der Waals surface area contributed by atoms with Crippen molar-refractivity contribution in [2.45, 2.75) is 38.4 Å². The van der Waals surface area contributed by atoms with Gasteiger partial charge in [-0.3, -0.25) is 10.1 Å². The van der Waals surface area contributed by atoms with Crippen LogP contribution < -0.4 is 0 Å². The van der Waals surface area contributed by atoms with E-state index in [9.17, 15) is 20.3 Å². The molecule has 1 aromatic carbocycles. The molecule has 0 spiro atoms. The smallest absolute Gasteiger partial charge is 0.269 e. The van der Waals surface area contributed by atoms with Crippen LogP contribution in [-0.4, -0.2) is 27.3 Å². The Hall–Kier alpha value is -1.46. The summed E-state index contributed by atoms with van der Waals surface area (Å²) < 4.78 is 0. The van der Waals surface area contributed by atoms with Crippen molar-refractivity contribution in [1.82, 2.24) is 0 Å². The number of hydrogen-bond donors (Lipinski definition) is 2. The molecule has 1 aromatic rings. The van der Waals surface area contributed by atoms with Crippen LogP contribution in [0.25, 0.3) is 0 Å². The Balaban J connectivity index is 2.69. The lowest BCUT2D eigenvalue weighted by molar-refractivity contribution is -0.384. The summed E-state index contributed by atoms with van der Waals surface area (Å²) in [6.07, 6.45) is -1.12. The molecule has 5 heteroatoms. The first-order valence-corrected chi connectivity index (χ1v) is 5.52. The van der Waals surface area contributed by atoms with Crippen molar-refractivity contribution < 1.29 is 15.1 Å². The minimum absolute atomic E-state index is 0.0420. The Bertz CT molecular complexity index is 375. The molecule has 5 nitrogen and oxygen atoms in total. The first-order valence-electron chi connectivity index (χ1n) is 5.52. The van der Waals surface area contributed by atoms with Crippen LogP contribution in [0.2, 0.25) is 0 Å². The maximum absolute atomic E-state index is 10.5. The molecular formula is C12H17NO4. The molecule has 0 aliphatic carbocycles. The Morgan fingerprint density at radius 2 is 1.76 bits per heavy atom. The highest BCUT2D eigenvalue weighted by atomic mass is 16.6. The molecule has 3 atom stereocenters. The zero-order valence-corrected chi connectivity index (χ0v) is 9.91. The maximum Gasteiger partial charge on any atom is 0.269 e. The van der Waals surface area contributed by atoms with E-state index in [-0.39, 0.29) is 11.6 Å². The average molecular weight is 239 g/mol. The zero-order chi connectivity index (χ0) is 13.0. The summed E-state index contributed by atoms with van der Waals surface area (Å²) in [5.74, 6) is 0.0420. The number of rotatable bonds is 5. The highest BCUT2D eigenvalue weighted by Crippen LogP contribution is 2.23. The fraction of sp³-hybridized carbons (Fsp3) is 0.500. The van der Waals surface area contributed by atoms with Crippen LogP contribution in [0.5, 0.6) is 0 Å². The predicted octanol–water partition coefficient (Wildman–Crippen LogP) is 1.83. The van der Waals surface area contributed by atoms with Gasteiger partial charge in [0.2, 0.25) is 0 Å². The second-order valence-corrected chi connectivity index (χ2v) is 4.29. The quantitative estimate of drug-likeness (QED) is 0.606. The Morgan fingerprint density at radius 3 is 2.18 bits per heavy atom. The summed E-state index contributed by atoms with van der Waals surface area (Å²) in [6.45, 7) is 3.44. The van der Waals surface area contributed by atoms with Crippen LogP contribution in [0.3, 0.4) is 0 Å². The zero-order valence-electron chi connectivity index (χ0n) is 9.91. The van der Waals surface area contributed by atoms with Gasteiger partial charge in [0.1, 0.15) is 0 Å². The van der Waals surface area contributed by atoms with Crippen LogP contribution in [0, 0.1) is 10.1 Å². The molecule has 2 N–H and O–H groups in total. The third-order valence-corrected chi connectivity index (χ3v) is 2.82. The summed E-state index contributed by atoms with van der Waals surface area (Å²) >= 11 is 0. The van der Waals surface area contributed by atoms with Gasteiger partial charge in [0.05, 0.1) is 17.1 Å². The van der Waals surface area contributed by atoms with Gasteiger partial charge < -0.3 is 10.2 Å². The lowest BCUT2D eigenvalue weighted by Gasteiger charge is -2.18. The van der Waals surface area contributed by atoms with Crippen LogP contribution in [0.15, 0.2) is 24.3 Å². The van der Waals surface area contributed by atoms with Gasteiger partial charge in [-0.2, -0.15) is 0 Å². The molecule has 1 rings (SSSR count). The summed E-state index contributed by atoms with van der Waals surface area (Å²) in [7, 11) is 0. The number of aliphatic hydroxyl groups is 2. The molecule has 0 aliphatic heterocycles. The van der Waals surface area contributed by atoms with E-state index in [2.05, 4.69) is 0 Å². The standard InChI is InChI=1S/C12H17NO4/c1-8(7-12(15)9(2)14)10-3-5-11(6-4-10)13(16)17/h3-6,8-9,12,14-15H,7H2,1-2H3. The number of hydrogen-bond acceptors (Lipinski definition) is 4. The summed E-state index contributed by atoms with van der Waals surface area (Å²) in [4.78, 5) is 10.0. The van der Waals surface area contributed by atoms with Gasteiger partial charge in [0.15, 0.2) is 0 Å². The largest absolute Gasteiger partial charge is 0.391 e. The minimum atomic E-state index is -0.778. The average Bonchev–Trinajstić information content (AvgIpc) is 2.28. The van der Waals surface area contributed by atoms with E-state index in [1.807, 2.05) is 6.92 Å². The maximum atomic E-state index is 10.5. The highest BCUT2D eigenvalue weighted by Gasteiger charge is 2.16. The molecular weight excluding hydrogens is 222 g/mol. The predicted molar refractivity (Wildman–Crippen MR) is 63.8 cm³/mol. The second kappa shape index (κ2) is 5.75. The van der Waals surface area contributed by atoms with E-state index in [0.717, 1.165) is 5.56 Å². The van der Waals surface area contributed by atoms with Crippen molar-refractivity contribution in [1.29, 1.82) is 0 Å². The normalized spacial score (nSPS) is 16.2. The van der Waals surface area contributed by atoms with E-state index in [0.29, 0.717) is 6.42 Å². The van der Waals surface area contributed by atoms with Crippen molar-refractivity contribution in [2.75, 3.05) is 0 Å². The van der Waals surface area contributed by atoms with E-state index >= 15 is 0 Å². The van der Waals surface area contributed by atoms with Crippen molar-refractivity contribution in [3.63, 3.8) is 0 Å². The summed E-state index contributed by atoms with van der Waals surface area (Å²) in [5, 5.41) is 29.2. The monoisotopic (exact) mass is 239 g/mol. The first-order chi connectivity index (χ1) is 7.91. The lowest BCUT2D eigenvalue weighted by atomic mass is 9.93. The van der Waals surface area contributed by atoms with Gasteiger partial charge in [-0.1, -0.05) is 19.1 Å². The van der Waals surface area contributed by atoms with Crippen LogP contribution in [0.4, 0.5) is 5.69 Å². The number of nitro benzene ring substituents is 1. The minimum Gasteiger partial charge on any atom is -0.391 e. The molecule has 0 aromatic heterocycles. The van der Waals surface area contributed by atoms with Crippen molar-refractivity contribution in [3.05, 3.63) is 39.9 Å². The second-order valence-electron chi connectivity index (χ2n) is 4.29. The van der Waals surface area contributed by atoms with Crippen molar-refractivity contribution in [3.8, 4) is 0 Å². The van der Waals surface area contributed by atoms with Gasteiger partial charge >= 0.3 is 0 Å². The molecule has 0 radical (unpaired) electrons. The van der Waals surface area contributed by atoms with E-state index in [1.165, 1.54) is 19.1 Å². The van der Waals surface area contributed by atoms with Crippen molar-refractivity contribution >= 4 is 5.69 Å². The molecule has 0 bridgehead atoms. The fourth-order valence-electron chi connectivity index (χ4n) is 1.62. The molecule has 94 valence electrons. The number of nitrogens with zero attached hydrogens (tertiary/aromatic N) is 1. The van der Waals surface area contributed by atoms with Crippen LogP contribution in [0.1, 0.15) is 31.7 Å². The third kappa shape index (κ3) is 3.80. The van der Waals surface area contributed by atoms with Gasteiger partial charge in [-0.05, 0) is 24.8 Å². The Kier molecular flexibility index (Phi) is 4.60. The Labute approximate surface area is 99.9 Å². The Morgan fingerprint density at radius 1 is 1.24 bits per heavy atom. The van der Waals surface area contributed by atoms with Gasteiger partial charge in [0, 0.05) is 12.1 Å². The molecule has 0 saturated carbocycles. The topological polar surface area (TPSA) is 83.6 Å². The first kappa shape index (κ1) is 13.6. The van der Waals surface area contributed by atoms with Crippen molar-refractivity contribution in [2.24, 2.45) is 0 Å². The van der Waals surface area contributed by atoms with E-state index in [4.69, 9.17) is 0 Å². The number of non-ortho nitro benzene ring substituents is 1. The summed E-state index contributed by atoms with van der Waals surface area (Å²) in [6, 6.07) is 6.25. The number of benzene rings is 1. The molecule has 0 aliphatic rings. The van der Waals surface area contributed by atoms with E-state index < -0.39 is 17.1 Å². The lowest BCUT2D eigenvalue weighted by Crippen LogP contribution is -2.24. The molecule has 0 saturated heterocycles. The van der Waals surface area contributed by atoms with Gasteiger partial charge in [-0.15, -0.1) is 0 Å². The van der Waals surface area contributed by atoms with Crippen LogP contribution >= 0.6 is 0 Å². The highest BCUT2D eigenvalue weighted by molar-refractivity contribution is 5.34. The number of nitro groups is 1. The third-order valence-electron chi connectivity index (χ3n) is 2.82. The molecule has 0 heterocycles. The fourth-order valence-corrected chi connectivity index (χ4v) is 1.62. The van der Waals surface area contributed by atoms with Gasteiger partial charge in [-0.25, -0.2) is 0 Å². The number of aliphatic hydroxyl groups excluding tert-OH is 2. The molecule has 3 unspecified atom stereocenters. The molecule has 0 fully saturated rings. The molecule has 0 amide bonds. The molecule has 17 heavy (non-hydrogen) atoms.